The van der Waals surface area contributed by atoms with Crippen LogP contribution in [0.1, 0.15) is 48.5 Å². The van der Waals surface area contributed by atoms with Gasteiger partial charge >= 0.3 is 0 Å². The summed E-state index contributed by atoms with van der Waals surface area (Å²) >= 11 is 5.13. The Hall–Kier alpha value is -0.940. The van der Waals surface area contributed by atoms with E-state index >= 15 is 0 Å². The number of aromatic nitrogens is 2. The summed E-state index contributed by atoms with van der Waals surface area (Å²) in [5.74, 6) is 0. The van der Waals surface area contributed by atoms with Crippen molar-refractivity contribution in [3.63, 3.8) is 0 Å². The molecule has 0 atom stereocenters. The lowest BCUT2D eigenvalue weighted by atomic mass is 9.96. The summed E-state index contributed by atoms with van der Waals surface area (Å²) in [6, 6.07) is 0.457. The Balaban J connectivity index is 1.98. The van der Waals surface area contributed by atoms with E-state index in [2.05, 4.69) is 21.0 Å². The van der Waals surface area contributed by atoms with Crippen LogP contribution >= 0.6 is 27.3 Å². The number of halogens is 1. The summed E-state index contributed by atoms with van der Waals surface area (Å²) in [6.45, 7) is 0. The fourth-order valence-electron chi connectivity index (χ4n) is 2.68. The smallest absolute Gasteiger partial charge is 0.153 e. The first-order valence-corrected chi connectivity index (χ1v) is 8.29. The fraction of sp³-hybridized carbons (Fsp3) is 0.429. The van der Waals surface area contributed by atoms with Crippen LogP contribution in [-0.2, 0) is 0 Å². The van der Waals surface area contributed by atoms with Gasteiger partial charge in [-0.05, 0) is 28.8 Å². The molecule has 2 heterocycles. The maximum absolute atomic E-state index is 11.3. The fourth-order valence-corrected chi connectivity index (χ4v) is 4.15. The van der Waals surface area contributed by atoms with Crippen LogP contribution in [-0.4, -0.2) is 16.1 Å². The van der Waals surface area contributed by atoms with Gasteiger partial charge in [-0.1, -0.05) is 19.3 Å². The second-order valence-electron chi connectivity index (χ2n) is 4.96. The highest BCUT2D eigenvalue weighted by atomic mass is 79.9. The largest absolute Gasteiger partial charge is 0.298 e. The zero-order chi connectivity index (χ0) is 13.2. The van der Waals surface area contributed by atoms with Crippen molar-refractivity contribution in [3.05, 3.63) is 27.0 Å². The number of carbonyl (C=O) groups excluding carboxylic acids is 1. The van der Waals surface area contributed by atoms with E-state index in [1.165, 1.54) is 32.1 Å². The molecule has 1 fully saturated rings. The molecule has 0 amide bonds. The van der Waals surface area contributed by atoms with Crippen LogP contribution < -0.4 is 0 Å². The van der Waals surface area contributed by atoms with Gasteiger partial charge in [0.25, 0.3) is 0 Å². The van der Waals surface area contributed by atoms with Crippen LogP contribution in [0.25, 0.3) is 11.3 Å². The van der Waals surface area contributed by atoms with Gasteiger partial charge in [0.05, 0.1) is 11.6 Å². The van der Waals surface area contributed by atoms with E-state index in [1.807, 2.05) is 21.6 Å². The number of rotatable bonds is 3. The topological polar surface area (TPSA) is 34.9 Å². The van der Waals surface area contributed by atoms with Crippen LogP contribution in [0.5, 0.6) is 0 Å². The number of carbonyl (C=O) groups is 1. The Kier molecular flexibility index (Phi) is 3.84. The molecule has 0 aromatic carbocycles. The molecule has 3 nitrogen and oxygen atoms in total. The molecule has 0 unspecified atom stereocenters. The van der Waals surface area contributed by atoms with Gasteiger partial charge in [-0.25, -0.2) is 0 Å². The number of hydrogen-bond acceptors (Lipinski definition) is 3. The standard InChI is InChI=1S/C14H15BrN2OS/c15-13-9-19-8-12(13)14-10(7-18)6-17(16-14)11-4-2-1-3-5-11/h6-9,11H,1-5H2. The van der Waals surface area contributed by atoms with Crippen LogP contribution in [0.4, 0.5) is 0 Å². The predicted octanol–water partition coefficient (Wildman–Crippen LogP) is 4.69. The molecule has 0 saturated heterocycles. The zero-order valence-corrected chi connectivity index (χ0v) is 12.9. The third-order valence-corrected chi connectivity index (χ3v) is 5.41. The lowest BCUT2D eigenvalue weighted by Gasteiger charge is -2.21. The molecule has 5 heteroatoms. The Morgan fingerprint density at radius 1 is 1.32 bits per heavy atom. The molecule has 1 saturated carbocycles. The van der Waals surface area contributed by atoms with Gasteiger partial charge in [-0.2, -0.15) is 16.4 Å². The van der Waals surface area contributed by atoms with Crippen molar-refractivity contribution in [1.29, 1.82) is 0 Å². The molecular weight excluding hydrogens is 324 g/mol. The monoisotopic (exact) mass is 338 g/mol. The zero-order valence-electron chi connectivity index (χ0n) is 10.5. The molecule has 0 spiro atoms. The highest BCUT2D eigenvalue weighted by molar-refractivity contribution is 9.10. The van der Waals surface area contributed by atoms with Gasteiger partial charge in [0, 0.05) is 27.0 Å². The number of thiophene rings is 1. The van der Waals surface area contributed by atoms with Crippen LogP contribution in [0.15, 0.2) is 21.4 Å². The molecular formula is C14H15BrN2OS. The van der Waals surface area contributed by atoms with Crippen LogP contribution in [0.2, 0.25) is 0 Å². The van der Waals surface area contributed by atoms with E-state index in [0.29, 0.717) is 11.6 Å². The maximum Gasteiger partial charge on any atom is 0.153 e. The summed E-state index contributed by atoms with van der Waals surface area (Å²) < 4.78 is 3.01. The lowest BCUT2D eigenvalue weighted by molar-refractivity contribution is 0.112. The van der Waals surface area contributed by atoms with Crippen molar-refractivity contribution in [2.75, 3.05) is 0 Å². The SMILES string of the molecule is O=Cc1cn(C2CCCCC2)nc1-c1cscc1Br. The molecule has 100 valence electrons. The van der Waals surface area contributed by atoms with Crippen LogP contribution in [0, 0.1) is 0 Å². The van der Waals surface area contributed by atoms with Gasteiger partial charge < -0.3 is 0 Å². The quantitative estimate of drug-likeness (QED) is 0.760. The molecule has 1 aliphatic rings. The molecule has 3 rings (SSSR count). The second kappa shape index (κ2) is 5.59. The Morgan fingerprint density at radius 3 is 2.74 bits per heavy atom. The van der Waals surface area contributed by atoms with Gasteiger partial charge in [0.1, 0.15) is 5.69 Å². The highest BCUT2D eigenvalue weighted by Gasteiger charge is 2.20. The third kappa shape index (κ3) is 2.54. The van der Waals surface area contributed by atoms with Gasteiger partial charge in [-0.3, -0.25) is 9.48 Å². The summed E-state index contributed by atoms with van der Waals surface area (Å²) in [5, 5.41) is 8.72. The van der Waals surface area contributed by atoms with Gasteiger partial charge in [0.2, 0.25) is 0 Å². The normalized spacial score (nSPS) is 16.7. The first-order valence-electron chi connectivity index (χ1n) is 6.56. The van der Waals surface area contributed by atoms with Crippen molar-refractivity contribution in [3.8, 4) is 11.3 Å². The average molecular weight is 339 g/mol. The first-order chi connectivity index (χ1) is 9.29. The van der Waals surface area contributed by atoms with E-state index in [-0.39, 0.29) is 0 Å². The third-order valence-electron chi connectivity index (χ3n) is 3.71. The van der Waals surface area contributed by atoms with Crippen molar-refractivity contribution in [1.82, 2.24) is 9.78 Å². The molecule has 2 aromatic rings. The molecule has 0 aliphatic heterocycles. The molecule has 0 N–H and O–H groups in total. The van der Waals surface area contributed by atoms with E-state index in [1.54, 1.807) is 11.3 Å². The second-order valence-corrected chi connectivity index (χ2v) is 6.55. The van der Waals surface area contributed by atoms with E-state index < -0.39 is 0 Å². The van der Waals surface area contributed by atoms with Crippen molar-refractivity contribution < 1.29 is 4.79 Å². The van der Waals surface area contributed by atoms with Gasteiger partial charge in [0.15, 0.2) is 6.29 Å². The summed E-state index contributed by atoms with van der Waals surface area (Å²) in [7, 11) is 0. The van der Waals surface area contributed by atoms with E-state index in [4.69, 9.17) is 0 Å². The Labute approximate surface area is 124 Å². The Morgan fingerprint density at radius 2 is 2.11 bits per heavy atom. The molecule has 0 radical (unpaired) electrons. The molecule has 1 aliphatic carbocycles. The minimum absolute atomic E-state index is 0.457. The molecule has 0 bridgehead atoms. The Bertz CT molecular complexity index is 584. The van der Waals surface area contributed by atoms with Crippen molar-refractivity contribution in [2.45, 2.75) is 38.1 Å². The summed E-state index contributed by atoms with van der Waals surface area (Å²) in [4.78, 5) is 11.3. The first kappa shape index (κ1) is 13.1. The van der Waals surface area contributed by atoms with E-state index in [0.717, 1.165) is 22.0 Å². The number of nitrogens with zero attached hydrogens (tertiary/aromatic N) is 2. The minimum Gasteiger partial charge on any atom is -0.298 e. The van der Waals surface area contributed by atoms with E-state index in [9.17, 15) is 4.79 Å². The molecule has 19 heavy (non-hydrogen) atoms. The maximum atomic E-state index is 11.3. The predicted molar refractivity (Wildman–Crippen MR) is 80.7 cm³/mol. The lowest BCUT2D eigenvalue weighted by Crippen LogP contribution is -2.13. The van der Waals surface area contributed by atoms with Crippen LogP contribution in [0.3, 0.4) is 0 Å². The van der Waals surface area contributed by atoms with Crippen molar-refractivity contribution in [2.24, 2.45) is 0 Å². The summed E-state index contributed by atoms with van der Waals surface area (Å²) in [5.41, 5.74) is 2.50. The summed E-state index contributed by atoms with van der Waals surface area (Å²) in [6.07, 6.45) is 9.00. The number of hydrogen-bond donors (Lipinski definition) is 0. The molecule has 2 aromatic heterocycles. The minimum atomic E-state index is 0.457. The average Bonchev–Trinajstić information content (AvgIpc) is 3.05. The van der Waals surface area contributed by atoms with Gasteiger partial charge in [-0.15, -0.1) is 0 Å². The highest BCUT2D eigenvalue weighted by Crippen LogP contribution is 2.34. The van der Waals surface area contributed by atoms with Crippen molar-refractivity contribution >= 4 is 33.6 Å². The number of aldehydes is 1.